The number of para-hydroxylation sites is 2. The van der Waals surface area contributed by atoms with Crippen LogP contribution in [0.5, 0.6) is 5.75 Å². The fraction of sp³-hybridized carbons (Fsp3) is 0.231. The Balaban J connectivity index is 1.43. The Morgan fingerprint density at radius 2 is 1.81 bits per heavy atom. The van der Waals surface area contributed by atoms with Gasteiger partial charge in [0.25, 0.3) is 5.91 Å². The lowest BCUT2D eigenvalue weighted by atomic mass is 10.1. The summed E-state index contributed by atoms with van der Waals surface area (Å²) >= 11 is 6.15. The van der Waals surface area contributed by atoms with Gasteiger partial charge in [-0.1, -0.05) is 41.9 Å². The molecule has 1 N–H and O–H groups in total. The molecule has 32 heavy (non-hydrogen) atoms. The van der Waals surface area contributed by atoms with Gasteiger partial charge in [0.2, 0.25) is 0 Å². The second-order valence-electron chi connectivity index (χ2n) is 7.78. The van der Waals surface area contributed by atoms with E-state index in [0.29, 0.717) is 23.7 Å². The van der Waals surface area contributed by atoms with E-state index < -0.39 is 0 Å². The van der Waals surface area contributed by atoms with Crippen LogP contribution in [0.3, 0.4) is 0 Å². The first-order valence-electron chi connectivity index (χ1n) is 10.7. The van der Waals surface area contributed by atoms with E-state index in [1.165, 1.54) is 11.1 Å². The number of nitrogens with one attached hydrogen (secondary N) is 1. The van der Waals surface area contributed by atoms with Gasteiger partial charge in [-0.25, -0.2) is 4.98 Å². The maximum Gasteiger partial charge on any atom is 0.253 e. The number of halogens is 1. The molecule has 1 amide bonds. The molecule has 164 valence electrons. The minimum absolute atomic E-state index is 0.215. The summed E-state index contributed by atoms with van der Waals surface area (Å²) in [6, 6.07) is 21.2. The van der Waals surface area contributed by atoms with Gasteiger partial charge in [0.05, 0.1) is 34.8 Å². The van der Waals surface area contributed by atoms with Crippen LogP contribution in [0, 0.1) is 13.8 Å². The number of aryl methyl sites for hydroxylation is 3. The quantitative estimate of drug-likeness (QED) is 0.352. The summed E-state index contributed by atoms with van der Waals surface area (Å²) in [6.45, 7) is 5.83. The Bertz CT molecular complexity index is 1250. The Hall–Kier alpha value is -3.31. The largest absolute Gasteiger partial charge is 0.494 e. The van der Waals surface area contributed by atoms with Crippen molar-refractivity contribution in [3.63, 3.8) is 0 Å². The van der Waals surface area contributed by atoms with Crippen molar-refractivity contribution in [1.82, 2.24) is 14.9 Å². The molecule has 0 bridgehead atoms. The van der Waals surface area contributed by atoms with E-state index in [-0.39, 0.29) is 5.91 Å². The second-order valence-corrected chi connectivity index (χ2v) is 8.19. The molecule has 0 saturated carbocycles. The molecular weight excluding hydrogens is 422 g/mol. The van der Waals surface area contributed by atoms with Gasteiger partial charge >= 0.3 is 0 Å². The van der Waals surface area contributed by atoms with Crippen LogP contribution in [0.15, 0.2) is 66.7 Å². The number of carbonyl (C=O) groups excluding carboxylic acids is 1. The van der Waals surface area contributed by atoms with E-state index in [9.17, 15) is 4.79 Å². The first-order valence-corrected chi connectivity index (χ1v) is 11.1. The van der Waals surface area contributed by atoms with Crippen molar-refractivity contribution in [1.29, 1.82) is 0 Å². The predicted octanol–water partition coefficient (Wildman–Crippen LogP) is 5.71. The third kappa shape index (κ3) is 4.94. The number of benzene rings is 3. The van der Waals surface area contributed by atoms with Crippen molar-refractivity contribution < 1.29 is 9.53 Å². The first-order chi connectivity index (χ1) is 15.5. The number of amides is 1. The number of imidazole rings is 1. The molecule has 6 heteroatoms. The monoisotopic (exact) mass is 447 g/mol. The molecule has 0 atom stereocenters. The Morgan fingerprint density at radius 1 is 1.03 bits per heavy atom. The number of carbonyl (C=O) groups is 1. The summed E-state index contributed by atoms with van der Waals surface area (Å²) in [6.07, 6.45) is 0.818. The molecular formula is C26H26ClN3O2. The zero-order valence-electron chi connectivity index (χ0n) is 18.3. The molecule has 0 fully saturated rings. The minimum atomic E-state index is -0.215. The fourth-order valence-corrected chi connectivity index (χ4v) is 3.85. The molecule has 1 aromatic heterocycles. The smallest absolute Gasteiger partial charge is 0.253 e. The van der Waals surface area contributed by atoms with Crippen LogP contribution in [0.1, 0.15) is 33.7 Å². The highest BCUT2D eigenvalue weighted by atomic mass is 35.5. The van der Waals surface area contributed by atoms with Gasteiger partial charge in [-0.05, 0) is 67.8 Å². The number of ether oxygens (including phenoxy) is 1. The summed E-state index contributed by atoms with van der Waals surface area (Å²) in [5.74, 6) is 1.47. The van der Waals surface area contributed by atoms with E-state index in [1.54, 1.807) is 24.3 Å². The van der Waals surface area contributed by atoms with Gasteiger partial charge in [0, 0.05) is 6.54 Å². The number of nitrogens with zero attached hydrogens (tertiary/aromatic N) is 2. The van der Waals surface area contributed by atoms with Gasteiger partial charge < -0.3 is 14.6 Å². The number of rotatable bonds is 8. The van der Waals surface area contributed by atoms with E-state index in [0.717, 1.165) is 35.6 Å². The zero-order chi connectivity index (χ0) is 22.5. The maximum atomic E-state index is 12.6. The first kappa shape index (κ1) is 21.9. The second kappa shape index (κ2) is 9.88. The normalized spacial score (nSPS) is 11.0. The Labute approximate surface area is 193 Å². The summed E-state index contributed by atoms with van der Waals surface area (Å²) in [7, 11) is 0. The summed E-state index contributed by atoms with van der Waals surface area (Å²) in [5, 5.41) is 3.38. The van der Waals surface area contributed by atoms with Gasteiger partial charge in [0.15, 0.2) is 0 Å². The lowest BCUT2D eigenvalue weighted by molar-refractivity contribution is 0.0949. The molecule has 0 saturated heterocycles. The van der Waals surface area contributed by atoms with Gasteiger partial charge in [0.1, 0.15) is 11.6 Å². The van der Waals surface area contributed by atoms with Crippen molar-refractivity contribution in [3.05, 3.63) is 94.3 Å². The number of hydrogen-bond donors (Lipinski definition) is 1. The van der Waals surface area contributed by atoms with E-state index >= 15 is 0 Å². The third-order valence-electron chi connectivity index (χ3n) is 5.53. The highest BCUT2D eigenvalue weighted by molar-refractivity contribution is 6.33. The topological polar surface area (TPSA) is 56.1 Å². The van der Waals surface area contributed by atoms with Crippen LogP contribution in [-0.4, -0.2) is 22.1 Å². The summed E-state index contributed by atoms with van der Waals surface area (Å²) < 4.78 is 8.09. The van der Waals surface area contributed by atoms with Crippen LogP contribution < -0.4 is 10.1 Å². The molecule has 0 radical (unpaired) electrons. The summed E-state index contributed by atoms with van der Waals surface area (Å²) in [4.78, 5) is 17.3. The van der Waals surface area contributed by atoms with Crippen LogP contribution in [0.2, 0.25) is 5.02 Å². The standard InChI is InChI=1S/C26H26ClN3O2/c1-18-12-13-20(16-19(18)2)32-15-7-14-30-24-11-6-5-10-23(24)29-25(30)17-28-26(31)21-8-3-4-9-22(21)27/h3-6,8-13,16H,7,14-15,17H2,1-2H3,(H,28,31). The molecule has 3 aromatic carbocycles. The van der Waals surface area contributed by atoms with E-state index in [4.69, 9.17) is 21.3 Å². The number of aromatic nitrogens is 2. The van der Waals surface area contributed by atoms with Crippen molar-refractivity contribution in [2.45, 2.75) is 33.4 Å². The van der Waals surface area contributed by atoms with Gasteiger partial charge in [-0.3, -0.25) is 4.79 Å². The minimum Gasteiger partial charge on any atom is -0.494 e. The highest BCUT2D eigenvalue weighted by Crippen LogP contribution is 2.19. The van der Waals surface area contributed by atoms with E-state index in [2.05, 4.69) is 35.9 Å². The van der Waals surface area contributed by atoms with Crippen LogP contribution in [-0.2, 0) is 13.1 Å². The van der Waals surface area contributed by atoms with Crippen molar-refractivity contribution >= 4 is 28.5 Å². The molecule has 5 nitrogen and oxygen atoms in total. The predicted molar refractivity (Wildman–Crippen MR) is 128 cm³/mol. The molecule has 0 aliphatic heterocycles. The molecule has 1 heterocycles. The van der Waals surface area contributed by atoms with Crippen molar-refractivity contribution in [2.24, 2.45) is 0 Å². The van der Waals surface area contributed by atoms with Crippen molar-refractivity contribution in [3.8, 4) is 5.75 Å². The molecule has 4 rings (SSSR count). The summed E-state index contributed by atoms with van der Waals surface area (Å²) in [5.41, 5.74) is 4.88. The third-order valence-corrected chi connectivity index (χ3v) is 5.86. The Morgan fingerprint density at radius 3 is 2.62 bits per heavy atom. The maximum absolute atomic E-state index is 12.6. The molecule has 0 unspecified atom stereocenters. The zero-order valence-corrected chi connectivity index (χ0v) is 19.0. The molecule has 0 aliphatic rings. The molecule has 0 aliphatic carbocycles. The van der Waals surface area contributed by atoms with Crippen molar-refractivity contribution in [2.75, 3.05) is 6.61 Å². The Kier molecular flexibility index (Phi) is 6.76. The number of hydrogen-bond acceptors (Lipinski definition) is 3. The van der Waals surface area contributed by atoms with Crippen LogP contribution >= 0.6 is 11.6 Å². The van der Waals surface area contributed by atoms with Crippen LogP contribution in [0.4, 0.5) is 0 Å². The van der Waals surface area contributed by atoms with Gasteiger partial charge in [-0.15, -0.1) is 0 Å². The highest BCUT2D eigenvalue weighted by Gasteiger charge is 2.14. The lowest BCUT2D eigenvalue weighted by Gasteiger charge is -2.12. The average molecular weight is 448 g/mol. The average Bonchev–Trinajstić information content (AvgIpc) is 3.15. The SMILES string of the molecule is Cc1ccc(OCCCn2c(CNC(=O)c3ccccc3Cl)nc3ccccc32)cc1C. The molecule has 4 aromatic rings. The number of fused-ring (bicyclic) bond motifs is 1. The fourth-order valence-electron chi connectivity index (χ4n) is 3.63. The molecule has 0 spiro atoms. The lowest BCUT2D eigenvalue weighted by Crippen LogP contribution is -2.25. The van der Waals surface area contributed by atoms with Gasteiger partial charge in [-0.2, -0.15) is 0 Å². The van der Waals surface area contributed by atoms with E-state index in [1.807, 2.05) is 30.3 Å². The van der Waals surface area contributed by atoms with Crippen LogP contribution in [0.25, 0.3) is 11.0 Å².